The van der Waals surface area contributed by atoms with Crippen molar-refractivity contribution < 1.29 is 9.94 Å². The van der Waals surface area contributed by atoms with Crippen LogP contribution in [-0.2, 0) is 0 Å². The molecule has 1 unspecified atom stereocenters. The van der Waals surface area contributed by atoms with E-state index in [0.717, 1.165) is 0 Å². The number of hydrogen-bond donors (Lipinski definition) is 2. The van der Waals surface area contributed by atoms with E-state index >= 15 is 0 Å². The summed E-state index contributed by atoms with van der Waals surface area (Å²) in [5.41, 5.74) is 2.50. The summed E-state index contributed by atoms with van der Waals surface area (Å²) in [7, 11) is 0. The number of aliphatic hydroxyl groups is 1. The second-order valence-electron chi connectivity index (χ2n) is 2.46. The van der Waals surface area contributed by atoms with Crippen molar-refractivity contribution in [3.8, 4) is 5.75 Å². The number of aliphatic hydroxyl groups excluding tert-OH is 1. The van der Waals surface area contributed by atoms with Crippen LogP contribution in [0.4, 0.5) is 0 Å². The third kappa shape index (κ3) is 2.90. The van der Waals surface area contributed by atoms with E-state index in [2.05, 4.69) is 5.48 Å². The molecular weight excluding hydrogens is 154 g/mol. The summed E-state index contributed by atoms with van der Waals surface area (Å²) in [5.74, 6) is 0.699. The largest absolute Gasteiger partial charge is 0.406 e. The van der Waals surface area contributed by atoms with Crippen molar-refractivity contribution in [3.63, 3.8) is 0 Å². The molecule has 3 nitrogen and oxygen atoms in total. The number of para-hydroxylation sites is 1. The molecule has 0 heterocycles. The predicted molar refractivity (Wildman–Crippen MR) is 46.5 cm³/mol. The van der Waals surface area contributed by atoms with Crippen LogP contribution in [0.2, 0.25) is 0 Å². The van der Waals surface area contributed by atoms with Crippen LogP contribution < -0.4 is 10.3 Å². The van der Waals surface area contributed by atoms with Crippen molar-refractivity contribution in [2.75, 3.05) is 0 Å². The molecule has 0 aliphatic rings. The molecule has 1 aromatic carbocycles. The third-order valence-electron chi connectivity index (χ3n) is 1.44. The molecule has 1 aromatic rings. The van der Waals surface area contributed by atoms with E-state index in [1.807, 2.05) is 37.3 Å². The van der Waals surface area contributed by atoms with Gasteiger partial charge in [-0.1, -0.05) is 25.1 Å². The number of nitrogens with one attached hydrogen (secondary N) is 1. The molecule has 0 fully saturated rings. The van der Waals surface area contributed by atoms with Crippen LogP contribution in [-0.4, -0.2) is 11.3 Å². The van der Waals surface area contributed by atoms with E-state index in [0.29, 0.717) is 12.2 Å². The van der Waals surface area contributed by atoms with E-state index in [1.165, 1.54) is 0 Å². The van der Waals surface area contributed by atoms with Gasteiger partial charge < -0.3 is 9.94 Å². The lowest BCUT2D eigenvalue weighted by Gasteiger charge is -2.10. The van der Waals surface area contributed by atoms with Crippen molar-refractivity contribution in [1.29, 1.82) is 0 Å². The van der Waals surface area contributed by atoms with Gasteiger partial charge in [0.2, 0.25) is 0 Å². The number of rotatable bonds is 4. The van der Waals surface area contributed by atoms with Gasteiger partial charge in [-0.2, -0.15) is 0 Å². The normalized spacial score (nSPS) is 12.5. The molecule has 12 heavy (non-hydrogen) atoms. The van der Waals surface area contributed by atoms with Gasteiger partial charge in [-0.05, 0) is 18.6 Å². The molecule has 2 N–H and O–H groups in total. The Kier molecular flexibility index (Phi) is 3.57. The number of hydroxylamine groups is 1. The van der Waals surface area contributed by atoms with Gasteiger partial charge in [0.25, 0.3) is 0 Å². The van der Waals surface area contributed by atoms with Gasteiger partial charge in [-0.15, -0.1) is 5.48 Å². The molecule has 0 saturated carbocycles. The van der Waals surface area contributed by atoms with Crippen LogP contribution in [0.5, 0.6) is 5.75 Å². The highest BCUT2D eigenvalue weighted by molar-refractivity contribution is 5.20. The molecule has 66 valence electrons. The number of hydrogen-bond acceptors (Lipinski definition) is 3. The summed E-state index contributed by atoms with van der Waals surface area (Å²) in [6.45, 7) is 1.87. The zero-order chi connectivity index (χ0) is 8.81. The second-order valence-corrected chi connectivity index (χ2v) is 2.46. The average molecular weight is 167 g/mol. The van der Waals surface area contributed by atoms with Crippen molar-refractivity contribution in [1.82, 2.24) is 5.48 Å². The predicted octanol–water partition coefficient (Wildman–Crippen LogP) is 1.30. The van der Waals surface area contributed by atoms with E-state index in [-0.39, 0.29) is 0 Å². The summed E-state index contributed by atoms with van der Waals surface area (Å²) in [5, 5.41) is 9.08. The van der Waals surface area contributed by atoms with Gasteiger partial charge in [-0.25, -0.2) is 0 Å². The van der Waals surface area contributed by atoms with Gasteiger partial charge in [0, 0.05) is 0 Å². The molecule has 0 aromatic heterocycles. The van der Waals surface area contributed by atoms with Crippen molar-refractivity contribution in [3.05, 3.63) is 30.3 Å². The maximum Gasteiger partial charge on any atom is 0.147 e. The lowest BCUT2D eigenvalue weighted by molar-refractivity contribution is 0.0183. The van der Waals surface area contributed by atoms with Crippen LogP contribution in [0.3, 0.4) is 0 Å². The molecule has 0 radical (unpaired) electrons. The topological polar surface area (TPSA) is 41.5 Å². The summed E-state index contributed by atoms with van der Waals surface area (Å²) in [6.07, 6.45) is 0.0116. The molecule has 0 saturated heterocycles. The van der Waals surface area contributed by atoms with E-state index < -0.39 is 6.23 Å². The molecule has 0 bridgehead atoms. The van der Waals surface area contributed by atoms with Crippen LogP contribution in [0.1, 0.15) is 13.3 Å². The molecule has 0 aliphatic carbocycles. The van der Waals surface area contributed by atoms with Crippen LogP contribution in [0.15, 0.2) is 30.3 Å². The Labute approximate surface area is 71.9 Å². The summed E-state index contributed by atoms with van der Waals surface area (Å²) in [6, 6.07) is 9.28. The SMILES string of the molecule is CCC(O)NOc1ccccc1. The zero-order valence-electron chi connectivity index (χ0n) is 7.03. The van der Waals surface area contributed by atoms with Gasteiger partial charge in [0.15, 0.2) is 0 Å². The minimum Gasteiger partial charge on any atom is -0.406 e. The quantitative estimate of drug-likeness (QED) is 0.524. The maximum absolute atomic E-state index is 9.08. The number of benzene rings is 1. The molecule has 1 atom stereocenters. The van der Waals surface area contributed by atoms with Gasteiger partial charge in [0.1, 0.15) is 12.0 Å². The van der Waals surface area contributed by atoms with Crippen LogP contribution in [0, 0.1) is 0 Å². The fourth-order valence-corrected chi connectivity index (χ4v) is 0.708. The van der Waals surface area contributed by atoms with Crippen molar-refractivity contribution in [2.24, 2.45) is 0 Å². The summed E-state index contributed by atoms with van der Waals surface area (Å²) < 4.78 is 0. The summed E-state index contributed by atoms with van der Waals surface area (Å²) in [4.78, 5) is 5.06. The van der Waals surface area contributed by atoms with E-state index in [1.54, 1.807) is 0 Å². The first-order chi connectivity index (χ1) is 5.83. The van der Waals surface area contributed by atoms with Gasteiger partial charge >= 0.3 is 0 Å². The smallest absolute Gasteiger partial charge is 0.147 e. The third-order valence-corrected chi connectivity index (χ3v) is 1.44. The fourth-order valence-electron chi connectivity index (χ4n) is 0.708. The molecule has 3 heteroatoms. The highest BCUT2D eigenvalue weighted by Crippen LogP contribution is 2.06. The fraction of sp³-hybridized carbons (Fsp3) is 0.333. The molecule has 0 amide bonds. The Morgan fingerprint density at radius 2 is 2.08 bits per heavy atom. The Morgan fingerprint density at radius 3 is 2.67 bits per heavy atom. The lowest BCUT2D eigenvalue weighted by atomic mass is 10.3. The van der Waals surface area contributed by atoms with Crippen LogP contribution >= 0.6 is 0 Å². The second kappa shape index (κ2) is 4.74. The zero-order valence-corrected chi connectivity index (χ0v) is 7.03. The van der Waals surface area contributed by atoms with Crippen LogP contribution in [0.25, 0.3) is 0 Å². The molecule has 1 rings (SSSR count). The Hall–Kier alpha value is -1.06. The van der Waals surface area contributed by atoms with Crippen molar-refractivity contribution >= 4 is 0 Å². The average Bonchev–Trinajstić information content (AvgIpc) is 2.16. The standard InChI is InChI=1S/C9H13NO2/c1-2-9(11)10-12-8-6-4-3-5-7-8/h3-7,9-11H,2H2,1H3. The minimum absolute atomic E-state index is 0.606. The highest BCUT2D eigenvalue weighted by atomic mass is 16.7. The first-order valence-electron chi connectivity index (χ1n) is 3.98. The molecular formula is C9H13NO2. The Balaban J connectivity index is 2.33. The summed E-state index contributed by atoms with van der Waals surface area (Å²) >= 11 is 0. The van der Waals surface area contributed by atoms with E-state index in [4.69, 9.17) is 9.94 Å². The van der Waals surface area contributed by atoms with Gasteiger partial charge in [-0.3, -0.25) is 0 Å². The molecule has 0 spiro atoms. The lowest BCUT2D eigenvalue weighted by Crippen LogP contribution is -2.30. The Bertz CT molecular complexity index is 213. The van der Waals surface area contributed by atoms with E-state index in [9.17, 15) is 0 Å². The maximum atomic E-state index is 9.08. The monoisotopic (exact) mass is 167 g/mol. The molecule has 0 aliphatic heterocycles. The van der Waals surface area contributed by atoms with Crippen molar-refractivity contribution in [2.45, 2.75) is 19.6 Å². The van der Waals surface area contributed by atoms with Gasteiger partial charge in [0.05, 0.1) is 0 Å². The Morgan fingerprint density at radius 1 is 1.42 bits per heavy atom. The first-order valence-corrected chi connectivity index (χ1v) is 3.98. The minimum atomic E-state index is -0.606. The highest BCUT2D eigenvalue weighted by Gasteiger charge is 1.98. The first kappa shape index (κ1) is 9.03.